The Bertz CT molecular complexity index is 470. The lowest BCUT2D eigenvalue weighted by Gasteiger charge is -2.26. The van der Waals surface area contributed by atoms with Crippen LogP contribution in [0.5, 0.6) is 0 Å². The average Bonchev–Trinajstić information content (AvgIpc) is 3.03. The van der Waals surface area contributed by atoms with E-state index in [1.165, 1.54) is 0 Å². The molecule has 1 aliphatic carbocycles. The zero-order chi connectivity index (χ0) is 15.2. The van der Waals surface area contributed by atoms with Crippen LogP contribution >= 0.6 is 0 Å². The number of rotatable bonds is 5. The van der Waals surface area contributed by atoms with Gasteiger partial charge in [-0.15, -0.1) is 0 Å². The SMILES string of the molecule is O=C(OCc1ccccc1)[C@H]1CCC(NC2CCOCC2)C1. The van der Waals surface area contributed by atoms with Crippen molar-refractivity contribution < 1.29 is 14.3 Å². The average molecular weight is 303 g/mol. The minimum Gasteiger partial charge on any atom is -0.461 e. The molecule has 1 heterocycles. The highest BCUT2D eigenvalue weighted by atomic mass is 16.5. The molecule has 120 valence electrons. The molecule has 0 spiro atoms. The highest BCUT2D eigenvalue weighted by Crippen LogP contribution is 2.28. The lowest BCUT2D eigenvalue weighted by Crippen LogP contribution is -2.40. The first-order valence-corrected chi connectivity index (χ1v) is 8.35. The van der Waals surface area contributed by atoms with E-state index in [0.29, 0.717) is 18.7 Å². The zero-order valence-electron chi connectivity index (χ0n) is 13.0. The second-order valence-electron chi connectivity index (χ2n) is 6.35. The van der Waals surface area contributed by atoms with Crippen LogP contribution in [0.2, 0.25) is 0 Å². The van der Waals surface area contributed by atoms with E-state index in [9.17, 15) is 4.79 Å². The molecule has 1 aromatic rings. The first-order valence-electron chi connectivity index (χ1n) is 8.35. The van der Waals surface area contributed by atoms with Crippen molar-refractivity contribution in [1.82, 2.24) is 5.32 Å². The van der Waals surface area contributed by atoms with Crippen LogP contribution in [0.1, 0.15) is 37.7 Å². The molecule has 1 unspecified atom stereocenters. The van der Waals surface area contributed by atoms with E-state index in [1.54, 1.807) is 0 Å². The highest BCUT2D eigenvalue weighted by molar-refractivity contribution is 5.72. The van der Waals surface area contributed by atoms with E-state index in [4.69, 9.17) is 9.47 Å². The van der Waals surface area contributed by atoms with Gasteiger partial charge in [0.15, 0.2) is 0 Å². The third-order valence-corrected chi connectivity index (χ3v) is 4.68. The third kappa shape index (κ3) is 4.31. The van der Waals surface area contributed by atoms with Gasteiger partial charge in [0.25, 0.3) is 0 Å². The molecule has 0 bridgehead atoms. The molecule has 1 aliphatic heterocycles. The van der Waals surface area contributed by atoms with Crippen LogP contribution in [-0.4, -0.2) is 31.3 Å². The van der Waals surface area contributed by atoms with Gasteiger partial charge in [-0.05, 0) is 37.7 Å². The lowest BCUT2D eigenvalue weighted by molar-refractivity contribution is -0.149. The molecule has 3 rings (SSSR count). The topological polar surface area (TPSA) is 47.6 Å². The molecule has 4 heteroatoms. The first-order chi connectivity index (χ1) is 10.8. The van der Waals surface area contributed by atoms with Crippen molar-refractivity contribution in [2.45, 2.75) is 50.8 Å². The Morgan fingerprint density at radius 3 is 2.64 bits per heavy atom. The monoisotopic (exact) mass is 303 g/mol. The van der Waals surface area contributed by atoms with Gasteiger partial charge < -0.3 is 14.8 Å². The van der Waals surface area contributed by atoms with Crippen molar-refractivity contribution in [3.05, 3.63) is 35.9 Å². The van der Waals surface area contributed by atoms with Crippen LogP contribution in [0.4, 0.5) is 0 Å². The number of hydrogen-bond acceptors (Lipinski definition) is 4. The molecule has 22 heavy (non-hydrogen) atoms. The van der Waals surface area contributed by atoms with Crippen molar-refractivity contribution in [3.8, 4) is 0 Å². The summed E-state index contributed by atoms with van der Waals surface area (Å²) in [4.78, 5) is 12.2. The van der Waals surface area contributed by atoms with Crippen LogP contribution in [0.3, 0.4) is 0 Å². The van der Waals surface area contributed by atoms with Gasteiger partial charge in [0, 0.05) is 25.3 Å². The van der Waals surface area contributed by atoms with Crippen molar-refractivity contribution in [2.24, 2.45) is 5.92 Å². The summed E-state index contributed by atoms with van der Waals surface area (Å²) in [5.41, 5.74) is 1.05. The Balaban J connectivity index is 1.40. The maximum absolute atomic E-state index is 12.2. The van der Waals surface area contributed by atoms with E-state index in [-0.39, 0.29) is 11.9 Å². The number of carbonyl (C=O) groups is 1. The molecule has 4 nitrogen and oxygen atoms in total. The molecule has 2 atom stereocenters. The van der Waals surface area contributed by atoms with E-state index < -0.39 is 0 Å². The van der Waals surface area contributed by atoms with Gasteiger partial charge in [0.2, 0.25) is 0 Å². The molecule has 1 aromatic carbocycles. The van der Waals surface area contributed by atoms with Gasteiger partial charge in [-0.2, -0.15) is 0 Å². The van der Waals surface area contributed by atoms with Gasteiger partial charge in [0.1, 0.15) is 6.61 Å². The third-order valence-electron chi connectivity index (χ3n) is 4.68. The predicted octanol–water partition coefficient (Wildman–Crippen LogP) is 2.67. The van der Waals surface area contributed by atoms with Crippen LogP contribution in [-0.2, 0) is 20.9 Å². The molecule has 0 radical (unpaired) electrons. The number of ether oxygens (including phenoxy) is 2. The summed E-state index contributed by atoms with van der Waals surface area (Å²) in [7, 11) is 0. The summed E-state index contributed by atoms with van der Waals surface area (Å²) in [6, 6.07) is 10.9. The number of nitrogens with one attached hydrogen (secondary N) is 1. The van der Waals surface area contributed by atoms with Gasteiger partial charge in [-0.25, -0.2) is 0 Å². The minimum absolute atomic E-state index is 0.0415. The quantitative estimate of drug-likeness (QED) is 0.850. The van der Waals surface area contributed by atoms with E-state index in [1.807, 2.05) is 30.3 Å². The van der Waals surface area contributed by atoms with Crippen molar-refractivity contribution in [1.29, 1.82) is 0 Å². The minimum atomic E-state index is -0.0415. The molecule has 1 saturated carbocycles. The number of carbonyl (C=O) groups excluding carboxylic acids is 1. The van der Waals surface area contributed by atoms with E-state index in [0.717, 1.165) is 50.9 Å². The molecule has 2 fully saturated rings. The predicted molar refractivity (Wildman–Crippen MR) is 84.3 cm³/mol. The van der Waals surface area contributed by atoms with Crippen molar-refractivity contribution >= 4 is 5.97 Å². The largest absolute Gasteiger partial charge is 0.461 e. The normalized spacial score (nSPS) is 26.0. The van der Waals surface area contributed by atoms with Crippen LogP contribution in [0, 0.1) is 5.92 Å². The van der Waals surface area contributed by atoms with E-state index in [2.05, 4.69) is 5.32 Å². The van der Waals surface area contributed by atoms with Crippen LogP contribution in [0.15, 0.2) is 30.3 Å². The Hall–Kier alpha value is -1.39. The number of benzene rings is 1. The molecule has 1 saturated heterocycles. The molecule has 0 aromatic heterocycles. The molecule has 2 aliphatic rings. The van der Waals surface area contributed by atoms with Gasteiger partial charge in [-0.3, -0.25) is 4.79 Å². The summed E-state index contributed by atoms with van der Waals surface area (Å²) in [6.45, 7) is 2.09. The lowest BCUT2D eigenvalue weighted by atomic mass is 10.1. The van der Waals surface area contributed by atoms with Gasteiger partial charge in [0.05, 0.1) is 5.92 Å². The Kier molecular flexibility index (Phi) is 5.46. The zero-order valence-corrected chi connectivity index (χ0v) is 13.0. The van der Waals surface area contributed by atoms with Gasteiger partial charge in [-0.1, -0.05) is 30.3 Å². The summed E-state index contributed by atoms with van der Waals surface area (Å²) in [5.74, 6) is 0.0150. The fourth-order valence-electron chi connectivity index (χ4n) is 3.39. The summed E-state index contributed by atoms with van der Waals surface area (Å²) < 4.78 is 10.8. The van der Waals surface area contributed by atoms with E-state index >= 15 is 0 Å². The van der Waals surface area contributed by atoms with Crippen molar-refractivity contribution in [2.75, 3.05) is 13.2 Å². The summed E-state index contributed by atoms with van der Waals surface area (Å²) in [6.07, 6.45) is 5.08. The fourth-order valence-corrected chi connectivity index (χ4v) is 3.39. The molecule has 0 amide bonds. The fraction of sp³-hybridized carbons (Fsp3) is 0.611. The van der Waals surface area contributed by atoms with Crippen LogP contribution in [0.25, 0.3) is 0 Å². The van der Waals surface area contributed by atoms with Gasteiger partial charge >= 0.3 is 5.97 Å². The summed E-state index contributed by atoms with van der Waals surface area (Å²) in [5, 5.41) is 3.69. The maximum Gasteiger partial charge on any atom is 0.309 e. The maximum atomic E-state index is 12.2. The first kappa shape index (κ1) is 15.5. The Labute approximate surface area is 132 Å². The van der Waals surface area contributed by atoms with Crippen molar-refractivity contribution in [3.63, 3.8) is 0 Å². The molecular formula is C18H25NO3. The number of esters is 1. The Morgan fingerprint density at radius 1 is 1.09 bits per heavy atom. The highest BCUT2D eigenvalue weighted by Gasteiger charge is 2.32. The second-order valence-corrected chi connectivity index (χ2v) is 6.35. The van der Waals surface area contributed by atoms with Crippen LogP contribution < -0.4 is 5.32 Å². The standard InChI is InChI=1S/C18H25NO3/c20-18(22-13-14-4-2-1-3-5-14)15-6-7-17(12-15)19-16-8-10-21-11-9-16/h1-5,15-17,19H,6-13H2/t15-,17?/m0/s1. The summed E-state index contributed by atoms with van der Waals surface area (Å²) >= 11 is 0. The second kappa shape index (κ2) is 7.75. The molecular weight excluding hydrogens is 278 g/mol. The number of hydrogen-bond donors (Lipinski definition) is 1. The Morgan fingerprint density at radius 2 is 1.86 bits per heavy atom. The smallest absolute Gasteiger partial charge is 0.309 e. The molecule has 1 N–H and O–H groups in total.